The van der Waals surface area contributed by atoms with Crippen molar-refractivity contribution in [3.05, 3.63) is 0 Å². The molecule has 0 unspecified atom stereocenters. The lowest BCUT2D eigenvalue weighted by molar-refractivity contribution is 0.0233. The molecule has 1 aliphatic rings. The average molecular weight is 341 g/mol. The smallest absolute Gasteiger partial charge is 0.257 e. The largest absolute Gasteiger partial charge is 0.469 e. The van der Waals surface area contributed by atoms with E-state index in [9.17, 15) is 8.42 Å². The zero-order valence-electron chi connectivity index (χ0n) is 12.2. The summed E-state index contributed by atoms with van der Waals surface area (Å²) < 4.78 is 38.5. The molecule has 0 aliphatic carbocycles. The zero-order valence-corrected chi connectivity index (χ0v) is 13.8. The van der Waals surface area contributed by atoms with Crippen LogP contribution in [0.5, 0.6) is 0 Å². The number of sulfone groups is 1. The third-order valence-corrected chi connectivity index (χ3v) is 5.10. The van der Waals surface area contributed by atoms with Crippen LogP contribution in [0.1, 0.15) is 13.3 Å². The Morgan fingerprint density at radius 1 is 1.24 bits per heavy atom. The molecule has 0 bridgehead atoms. The van der Waals surface area contributed by atoms with Crippen molar-refractivity contribution in [3.8, 4) is 0 Å². The van der Waals surface area contributed by atoms with Gasteiger partial charge in [0, 0.05) is 0 Å². The van der Waals surface area contributed by atoms with Crippen LogP contribution >= 0.6 is 12.2 Å². The van der Waals surface area contributed by atoms with Crippen molar-refractivity contribution >= 4 is 27.2 Å². The van der Waals surface area contributed by atoms with Crippen molar-refractivity contribution in [1.82, 2.24) is 5.32 Å². The molecule has 2 N–H and O–H groups in total. The molecule has 1 fully saturated rings. The molecule has 0 amide bonds. The van der Waals surface area contributed by atoms with Crippen LogP contribution in [0.3, 0.4) is 0 Å². The molecule has 0 aromatic heterocycles. The van der Waals surface area contributed by atoms with Crippen molar-refractivity contribution < 1.29 is 27.7 Å². The molecule has 1 atom stereocenters. The maximum absolute atomic E-state index is 11.5. The first-order valence-electron chi connectivity index (χ1n) is 6.79. The number of hydrogen-bond donors (Lipinski definition) is 2. The summed E-state index contributed by atoms with van der Waals surface area (Å²) in [5.41, 5.74) is -0.547. The third kappa shape index (κ3) is 7.91. The van der Waals surface area contributed by atoms with E-state index >= 15 is 0 Å². The monoisotopic (exact) mass is 341 g/mol. The summed E-state index contributed by atoms with van der Waals surface area (Å²) in [4.78, 5) is 0. The highest BCUT2D eigenvalue weighted by Gasteiger charge is 2.39. The molecule has 7 nitrogen and oxygen atoms in total. The molecule has 124 valence electrons. The van der Waals surface area contributed by atoms with Crippen LogP contribution in [0.2, 0.25) is 0 Å². The second-order valence-corrected chi connectivity index (χ2v) is 7.67. The van der Waals surface area contributed by atoms with Crippen LogP contribution < -0.4 is 5.32 Å². The van der Waals surface area contributed by atoms with Crippen molar-refractivity contribution in [2.75, 3.05) is 51.1 Å². The second kappa shape index (κ2) is 8.84. The lowest BCUT2D eigenvalue weighted by atomic mass is 10.0. The Kier molecular flexibility index (Phi) is 7.82. The number of hydrogen-bond acceptors (Lipinski definition) is 7. The molecule has 9 heteroatoms. The Bertz CT molecular complexity index is 427. The molecule has 1 heterocycles. The van der Waals surface area contributed by atoms with E-state index in [2.05, 4.69) is 5.32 Å². The summed E-state index contributed by atoms with van der Waals surface area (Å²) in [6, 6.07) is 0. The van der Waals surface area contributed by atoms with Crippen molar-refractivity contribution in [3.63, 3.8) is 0 Å². The van der Waals surface area contributed by atoms with E-state index in [-0.39, 0.29) is 29.9 Å². The predicted molar refractivity (Wildman–Crippen MR) is 82.1 cm³/mol. The van der Waals surface area contributed by atoms with Gasteiger partial charge in [0.05, 0.1) is 50.1 Å². The lowest BCUT2D eigenvalue weighted by Crippen LogP contribution is -2.47. The molecular weight excluding hydrogens is 318 g/mol. The van der Waals surface area contributed by atoms with E-state index in [1.165, 1.54) is 0 Å². The number of thiocarbonyl (C=S) groups is 1. The average Bonchev–Trinajstić information content (AvgIpc) is 2.66. The van der Waals surface area contributed by atoms with E-state index in [0.717, 1.165) is 0 Å². The highest BCUT2D eigenvalue weighted by Crippen LogP contribution is 2.22. The molecule has 0 saturated carbocycles. The number of aliphatic hydroxyl groups is 1. The Morgan fingerprint density at radius 3 is 2.43 bits per heavy atom. The number of rotatable bonds is 9. The van der Waals surface area contributed by atoms with Gasteiger partial charge in [-0.2, -0.15) is 0 Å². The van der Waals surface area contributed by atoms with Gasteiger partial charge in [-0.25, -0.2) is 8.42 Å². The van der Waals surface area contributed by atoms with E-state index in [4.69, 9.17) is 31.5 Å². The fourth-order valence-electron chi connectivity index (χ4n) is 1.97. The van der Waals surface area contributed by atoms with Crippen molar-refractivity contribution in [2.45, 2.75) is 18.9 Å². The lowest BCUT2D eigenvalue weighted by Gasteiger charge is -2.25. The molecular formula is C12H23NO6S2. The molecule has 1 aliphatic heterocycles. The predicted octanol–water partition coefficient (Wildman–Crippen LogP) is -0.520. The summed E-state index contributed by atoms with van der Waals surface area (Å²) in [5, 5.41) is 11.6. The molecule has 1 rings (SSSR count). The van der Waals surface area contributed by atoms with Crippen LogP contribution in [0.15, 0.2) is 0 Å². The van der Waals surface area contributed by atoms with E-state index in [1.54, 1.807) is 0 Å². The van der Waals surface area contributed by atoms with Crippen LogP contribution in [0.4, 0.5) is 0 Å². The van der Waals surface area contributed by atoms with Crippen molar-refractivity contribution in [2.24, 2.45) is 0 Å². The zero-order chi connectivity index (χ0) is 15.8. The minimum atomic E-state index is -2.97. The summed E-state index contributed by atoms with van der Waals surface area (Å²) >= 11 is 5.04. The van der Waals surface area contributed by atoms with E-state index < -0.39 is 15.4 Å². The summed E-state index contributed by atoms with van der Waals surface area (Å²) in [6.07, 6.45) is 0.525. The molecule has 0 spiro atoms. The van der Waals surface area contributed by atoms with Crippen LogP contribution in [-0.4, -0.2) is 75.4 Å². The maximum Gasteiger partial charge on any atom is 0.257 e. The minimum Gasteiger partial charge on any atom is -0.469 e. The van der Waals surface area contributed by atoms with Gasteiger partial charge in [0.15, 0.2) is 9.84 Å². The molecule has 21 heavy (non-hydrogen) atoms. The van der Waals surface area contributed by atoms with Gasteiger partial charge in [-0.1, -0.05) is 0 Å². The first-order valence-corrected chi connectivity index (χ1v) is 9.02. The molecule has 0 radical (unpaired) electrons. The minimum absolute atomic E-state index is 0.00244. The van der Waals surface area contributed by atoms with Crippen molar-refractivity contribution in [1.29, 1.82) is 0 Å². The number of aliphatic hydroxyl groups excluding tert-OH is 1. The van der Waals surface area contributed by atoms with Gasteiger partial charge in [-0.3, -0.25) is 0 Å². The second-order valence-electron chi connectivity index (χ2n) is 5.11. The summed E-state index contributed by atoms with van der Waals surface area (Å²) in [5.74, 6) is 0.248. The maximum atomic E-state index is 11.5. The fraction of sp³-hybridized carbons (Fsp3) is 0.917. The standard InChI is InChI=1S/C12H23NO6S2/c1-12(2-9-21(15,16)10-12)13-11(20)19-8-7-18-6-5-17-4-3-14/h14H,2-10H2,1H3,(H,13,20)/t12-/m0/s1. The highest BCUT2D eigenvalue weighted by atomic mass is 32.2. The normalized spacial score (nSPS) is 23.9. The first kappa shape index (κ1) is 18.6. The van der Waals surface area contributed by atoms with E-state index in [1.807, 2.05) is 6.92 Å². The summed E-state index contributed by atoms with van der Waals surface area (Å²) in [6.45, 7) is 3.60. The van der Waals surface area contributed by atoms with Gasteiger partial charge >= 0.3 is 0 Å². The molecule has 0 aromatic rings. The summed E-state index contributed by atoms with van der Waals surface area (Å²) in [7, 11) is -2.97. The quantitative estimate of drug-likeness (QED) is 0.427. The van der Waals surface area contributed by atoms with Crippen LogP contribution in [0.25, 0.3) is 0 Å². The molecule has 1 saturated heterocycles. The Hall–Kier alpha value is -0.480. The van der Waals surface area contributed by atoms with Gasteiger partial charge < -0.3 is 24.6 Å². The Labute approximate surface area is 130 Å². The van der Waals surface area contributed by atoms with Gasteiger partial charge in [-0.05, 0) is 25.6 Å². The van der Waals surface area contributed by atoms with Gasteiger partial charge in [0.2, 0.25) is 0 Å². The highest BCUT2D eigenvalue weighted by molar-refractivity contribution is 7.91. The van der Waals surface area contributed by atoms with Gasteiger partial charge in [0.25, 0.3) is 5.17 Å². The van der Waals surface area contributed by atoms with Gasteiger partial charge in [-0.15, -0.1) is 0 Å². The Balaban J connectivity index is 2.07. The fourth-order valence-corrected chi connectivity index (χ4v) is 4.39. The van der Waals surface area contributed by atoms with Crippen LogP contribution in [-0.2, 0) is 24.0 Å². The number of ether oxygens (including phenoxy) is 3. The topological polar surface area (TPSA) is 94.1 Å². The first-order chi connectivity index (χ1) is 9.87. The molecule has 0 aromatic carbocycles. The SMILES string of the molecule is C[C@]1(NC(=S)OCCOCCOCCO)CCS(=O)(=O)C1. The van der Waals surface area contributed by atoms with Crippen LogP contribution in [0, 0.1) is 0 Å². The van der Waals surface area contributed by atoms with E-state index in [0.29, 0.717) is 32.8 Å². The number of nitrogens with one attached hydrogen (secondary N) is 1. The Morgan fingerprint density at radius 2 is 1.86 bits per heavy atom. The van der Waals surface area contributed by atoms with Gasteiger partial charge in [0.1, 0.15) is 6.61 Å². The third-order valence-electron chi connectivity index (χ3n) is 2.98.